The molecule has 2 aliphatic rings. The van der Waals surface area contributed by atoms with Gasteiger partial charge in [-0.15, -0.1) is 0 Å². The van der Waals surface area contributed by atoms with E-state index in [0.717, 1.165) is 25.7 Å². The number of aryl methyl sites for hydroxylation is 1. The molecule has 0 spiro atoms. The van der Waals surface area contributed by atoms with Crippen LogP contribution in [-0.2, 0) is 18.6 Å². The Labute approximate surface area is 262 Å². The molecule has 2 aromatic carbocycles. The lowest BCUT2D eigenvalue weighted by Gasteiger charge is -2.45. The molecule has 1 aromatic heterocycles. The molecular formula is C35H48N2O6Si. The van der Waals surface area contributed by atoms with E-state index >= 15 is 0 Å². The fourth-order valence-electron chi connectivity index (χ4n) is 6.46. The summed E-state index contributed by atoms with van der Waals surface area (Å²) in [5.41, 5.74) is -0.729. The number of benzene rings is 2. The highest BCUT2D eigenvalue weighted by molar-refractivity contribution is 6.99. The summed E-state index contributed by atoms with van der Waals surface area (Å²) in [5, 5.41) is 2.18. The van der Waals surface area contributed by atoms with Gasteiger partial charge < -0.3 is 23.4 Å². The fourth-order valence-corrected chi connectivity index (χ4v) is 11.1. The van der Waals surface area contributed by atoms with E-state index in [2.05, 4.69) is 88.1 Å². The number of hydrogen-bond donors (Lipinski definition) is 0. The van der Waals surface area contributed by atoms with Crippen LogP contribution in [0.2, 0.25) is 5.04 Å². The SMILES string of the molecule is CCCCOC[C@@]1(CO[Si](c2ccccc2)(c2ccccc2)C(C)(C)C)OC2C(Oc3nc(=O)c(C)cn32)[C@H]1OCCCC. The van der Waals surface area contributed by atoms with Crippen LogP contribution in [0, 0.1) is 6.92 Å². The van der Waals surface area contributed by atoms with Crippen LogP contribution in [0.5, 0.6) is 6.01 Å². The van der Waals surface area contributed by atoms with Gasteiger partial charge in [0.2, 0.25) is 0 Å². The predicted molar refractivity (Wildman–Crippen MR) is 174 cm³/mol. The van der Waals surface area contributed by atoms with Crippen molar-refractivity contribution in [1.29, 1.82) is 0 Å². The van der Waals surface area contributed by atoms with Gasteiger partial charge in [0.05, 0.1) is 13.2 Å². The van der Waals surface area contributed by atoms with Crippen molar-refractivity contribution in [2.45, 2.75) is 96.3 Å². The Morgan fingerprint density at radius 3 is 2.14 bits per heavy atom. The second-order valence-electron chi connectivity index (χ2n) is 13.1. The van der Waals surface area contributed by atoms with E-state index in [-0.39, 0.29) is 23.2 Å². The molecule has 238 valence electrons. The third-order valence-corrected chi connectivity index (χ3v) is 13.8. The van der Waals surface area contributed by atoms with Crippen molar-refractivity contribution < 1.29 is 23.4 Å². The quantitative estimate of drug-likeness (QED) is 0.182. The van der Waals surface area contributed by atoms with Gasteiger partial charge in [0.25, 0.3) is 13.9 Å². The first-order valence-corrected chi connectivity index (χ1v) is 18.0. The molecule has 0 amide bonds. The first kappa shape index (κ1) is 32.6. The maximum atomic E-state index is 12.4. The third-order valence-electron chi connectivity index (χ3n) is 8.79. The van der Waals surface area contributed by atoms with Gasteiger partial charge in [-0.3, -0.25) is 9.36 Å². The molecule has 9 heteroatoms. The van der Waals surface area contributed by atoms with Crippen molar-refractivity contribution in [2.75, 3.05) is 26.4 Å². The van der Waals surface area contributed by atoms with Crippen LogP contribution >= 0.6 is 0 Å². The van der Waals surface area contributed by atoms with Crippen LogP contribution in [0.25, 0.3) is 0 Å². The molecule has 0 aliphatic carbocycles. The van der Waals surface area contributed by atoms with Crippen LogP contribution in [0.3, 0.4) is 0 Å². The van der Waals surface area contributed by atoms with Crippen LogP contribution in [0.1, 0.15) is 72.1 Å². The summed E-state index contributed by atoms with van der Waals surface area (Å²) >= 11 is 0. The Bertz CT molecular complexity index is 1390. The second-order valence-corrected chi connectivity index (χ2v) is 17.4. The molecule has 0 saturated carbocycles. The number of nitrogens with zero attached hydrogens (tertiary/aromatic N) is 2. The molecule has 8 nitrogen and oxygen atoms in total. The van der Waals surface area contributed by atoms with Crippen LogP contribution in [0.4, 0.5) is 0 Å². The Hall–Kier alpha value is -2.82. The summed E-state index contributed by atoms with van der Waals surface area (Å²) in [4.78, 5) is 16.6. The Kier molecular flexibility index (Phi) is 10.1. The number of aromatic nitrogens is 2. The van der Waals surface area contributed by atoms with Gasteiger partial charge in [0, 0.05) is 25.0 Å². The monoisotopic (exact) mass is 620 g/mol. The Morgan fingerprint density at radius 1 is 0.932 bits per heavy atom. The second kappa shape index (κ2) is 13.7. The zero-order valence-electron chi connectivity index (χ0n) is 27.1. The van der Waals surface area contributed by atoms with Gasteiger partial charge in [0.1, 0.15) is 11.7 Å². The first-order chi connectivity index (χ1) is 21.2. The molecule has 5 rings (SSSR count). The molecule has 44 heavy (non-hydrogen) atoms. The van der Waals surface area contributed by atoms with E-state index < -0.39 is 32.4 Å². The first-order valence-electron chi connectivity index (χ1n) is 16.1. The van der Waals surface area contributed by atoms with Gasteiger partial charge >= 0.3 is 6.01 Å². The molecule has 0 N–H and O–H groups in total. The number of hydrogen-bond acceptors (Lipinski definition) is 7. The highest BCUT2D eigenvalue weighted by atomic mass is 28.4. The Balaban J connectivity index is 1.59. The van der Waals surface area contributed by atoms with E-state index in [1.807, 2.05) is 16.7 Å². The van der Waals surface area contributed by atoms with Crippen molar-refractivity contribution in [2.24, 2.45) is 0 Å². The van der Waals surface area contributed by atoms with Gasteiger partial charge in [0.15, 0.2) is 12.3 Å². The summed E-state index contributed by atoms with van der Waals surface area (Å²) in [5.74, 6) is 0. The van der Waals surface area contributed by atoms with Crippen molar-refractivity contribution in [3.63, 3.8) is 0 Å². The average Bonchev–Trinajstić information content (AvgIpc) is 3.49. The molecule has 1 saturated heterocycles. The number of rotatable bonds is 14. The van der Waals surface area contributed by atoms with Crippen molar-refractivity contribution in [1.82, 2.24) is 9.55 Å². The lowest BCUT2D eigenvalue weighted by Crippen LogP contribution is -2.68. The zero-order valence-corrected chi connectivity index (χ0v) is 28.1. The molecule has 3 heterocycles. The maximum absolute atomic E-state index is 12.4. The molecule has 3 aromatic rings. The van der Waals surface area contributed by atoms with E-state index in [1.165, 1.54) is 10.4 Å². The summed E-state index contributed by atoms with van der Waals surface area (Å²) in [7, 11) is -2.90. The third kappa shape index (κ3) is 6.17. The van der Waals surface area contributed by atoms with E-state index in [9.17, 15) is 4.79 Å². The van der Waals surface area contributed by atoms with Gasteiger partial charge in [-0.2, -0.15) is 4.98 Å². The molecule has 0 radical (unpaired) electrons. The highest BCUT2D eigenvalue weighted by Crippen LogP contribution is 2.47. The van der Waals surface area contributed by atoms with Crippen molar-refractivity contribution in [3.8, 4) is 6.01 Å². The minimum atomic E-state index is -2.90. The molecular weight excluding hydrogens is 572 g/mol. The normalized spacial score (nSPS) is 22.9. The van der Waals surface area contributed by atoms with Crippen molar-refractivity contribution >= 4 is 18.7 Å². The summed E-state index contributed by atoms with van der Waals surface area (Å²) in [6.07, 6.45) is 4.12. The Morgan fingerprint density at radius 2 is 1.55 bits per heavy atom. The fraction of sp³-hybridized carbons (Fsp3) is 0.543. The summed E-state index contributed by atoms with van der Waals surface area (Å²) in [6.45, 7) is 14.6. The lowest BCUT2D eigenvalue weighted by molar-refractivity contribution is -0.170. The minimum Gasteiger partial charge on any atom is -0.453 e. The van der Waals surface area contributed by atoms with Crippen LogP contribution < -0.4 is 20.7 Å². The number of ether oxygens (including phenoxy) is 4. The number of fused-ring (bicyclic) bond motifs is 3. The predicted octanol–water partition coefficient (Wildman–Crippen LogP) is 5.16. The molecule has 2 aliphatic heterocycles. The van der Waals surface area contributed by atoms with E-state index in [0.29, 0.717) is 25.4 Å². The zero-order chi connectivity index (χ0) is 31.4. The molecule has 2 unspecified atom stereocenters. The lowest BCUT2D eigenvalue weighted by atomic mass is 9.96. The number of unbranched alkanes of at least 4 members (excludes halogenated alkanes) is 2. The minimum absolute atomic E-state index is 0.212. The standard InChI is InChI=1S/C35H48N2O6Si/c1-7-9-21-39-24-35(25-41-44(34(4,5)6,27-17-13-11-14-18-27)28-19-15-12-16-20-28)30(40-22-10-8-2)29-32(43-35)37-23-26(3)31(38)36-33(37)42-29/h11-20,23,29-30,32H,7-10,21-22,24-25H2,1-6H3/t29?,30-,32?,35+/m1/s1. The molecule has 0 bridgehead atoms. The molecule has 4 atom stereocenters. The smallest absolute Gasteiger partial charge is 0.302 e. The van der Waals surface area contributed by atoms with E-state index in [4.69, 9.17) is 23.4 Å². The highest BCUT2D eigenvalue weighted by Gasteiger charge is 2.63. The topological polar surface area (TPSA) is 81.0 Å². The molecule has 1 fully saturated rings. The van der Waals surface area contributed by atoms with E-state index in [1.54, 1.807) is 13.1 Å². The van der Waals surface area contributed by atoms with Crippen molar-refractivity contribution in [3.05, 3.63) is 82.8 Å². The van der Waals surface area contributed by atoms with Crippen LogP contribution in [0.15, 0.2) is 71.7 Å². The van der Waals surface area contributed by atoms with Crippen LogP contribution in [-0.4, -0.2) is 62.1 Å². The largest absolute Gasteiger partial charge is 0.453 e. The average molecular weight is 621 g/mol. The maximum Gasteiger partial charge on any atom is 0.302 e. The summed E-state index contributed by atoms with van der Waals surface area (Å²) in [6, 6.07) is 21.5. The van der Waals surface area contributed by atoms with Gasteiger partial charge in [-0.05, 0) is 35.2 Å². The van der Waals surface area contributed by atoms with Gasteiger partial charge in [-0.1, -0.05) is 108 Å². The summed E-state index contributed by atoms with van der Waals surface area (Å²) < 4.78 is 35.7. The van der Waals surface area contributed by atoms with Gasteiger partial charge in [-0.25, -0.2) is 0 Å².